The van der Waals surface area contributed by atoms with Crippen molar-refractivity contribution in [2.24, 2.45) is 0 Å². The Bertz CT molecular complexity index is 493. The van der Waals surface area contributed by atoms with Crippen molar-refractivity contribution in [3.63, 3.8) is 0 Å². The molecule has 0 aliphatic carbocycles. The number of carbonyl (C=O) groups excluding carboxylic acids is 1. The minimum atomic E-state index is -0.920. The lowest BCUT2D eigenvalue weighted by molar-refractivity contribution is -0.121. The molecular formula is C15H20F2N2O. The van der Waals surface area contributed by atoms with Crippen molar-refractivity contribution in [1.82, 2.24) is 10.6 Å². The number of nitrogens with one attached hydrogen (secondary N) is 2. The van der Waals surface area contributed by atoms with Gasteiger partial charge in [-0.05, 0) is 44.4 Å². The largest absolute Gasteiger partial charge is 0.352 e. The molecule has 3 atom stereocenters. The van der Waals surface area contributed by atoms with Crippen LogP contribution < -0.4 is 10.6 Å². The van der Waals surface area contributed by atoms with Gasteiger partial charge in [-0.15, -0.1) is 0 Å². The lowest BCUT2D eigenvalue weighted by Gasteiger charge is -2.34. The molecule has 1 aliphatic heterocycles. The lowest BCUT2D eigenvalue weighted by Crippen LogP contribution is -2.55. The number of hydrogen-bond acceptors (Lipinski definition) is 2. The maximum absolute atomic E-state index is 13.1. The summed E-state index contributed by atoms with van der Waals surface area (Å²) in [7, 11) is 0. The maximum atomic E-state index is 13.1. The summed E-state index contributed by atoms with van der Waals surface area (Å²) in [6, 6.07) is 4.31. The number of piperidine rings is 1. The van der Waals surface area contributed by atoms with Gasteiger partial charge in [-0.25, -0.2) is 8.78 Å². The summed E-state index contributed by atoms with van der Waals surface area (Å²) >= 11 is 0. The van der Waals surface area contributed by atoms with Crippen LogP contribution in [0.15, 0.2) is 18.2 Å². The molecule has 1 aromatic rings. The summed E-state index contributed by atoms with van der Waals surface area (Å²) in [6.45, 7) is 4.16. The highest BCUT2D eigenvalue weighted by Crippen LogP contribution is 2.14. The molecule has 1 fully saturated rings. The van der Waals surface area contributed by atoms with Gasteiger partial charge in [0, 0.05) is 18.1 Å². The number of hydrogen-bond donors (Lipinski definition) is 2. The van der Waals surface area contributed by atoms with Crippen molar-refractivity contribution in [3.8, 4) is 0 Å². The van der Waals surface area contributed by atoms with Gasteiger partial charge in [0.15, 0.2) is 11.6 Å². The summed E-state index contributed by atoms with van der Waals surface area (Å²) in [6.07, 6.45) is 2.01. The fourth-order valence-corrected chi connectivity index (χ4v) is 2.62. The average molecular weight is 282 g/mol. The summed E-state index contributed by atoms with van der Waals surface area (Å²) in [5.41, 5.74) is 0.478. The Morgan fingerprint density at radius 1 is 1.30 bits per heavy atom. The molecule has 2 N–H and O–H groups in total. The Labute approximate surface area is 117 Å². The molecule has 3 unspecified atom stereocenters. The van der Waals surface area contributed by atoms with Gasteiger partial charge in [-0.2, -0.15) is 0 Å². The molecule has 1 aliphatic rings. The molecular weight excluding hydrogens is 262 g/mol. The van der Waals surface area contributed by atoms with Crippen LogP contribution in [-0.4, -0.2) is 24.0 Å². The fourth-order valence-electron chi connectivity index (χ4n) is 2.62. The number of rotatable bonds is 3. The zero-order chi connectivity index (χ0) is 14.7. The highest BCUT2D eigenvalue weighted by molar-refractivity contribution is 5.78. The Balaban J connectivity index is 1.90. The van der Waals surface area contributed by atoms with Crippen LogP contribution in [-0.2, 0) is 11.2 Å². The van der Waals surface area contributed by atoms with E-state index in [4.69, 9.17) is 0 Å². The second-order valence-corrected chi connectivity index (χ2v) is 5.53. The van der Waals surface area contributed by atoms with E-state index in [0.29, 0.717) is 11.6 Å². The van der Waals surface area contributed by atoms with Crippen molar-refractivity contribution in [3.05, 3.63) is 35.4 Å². The van der Waals surface area contributed by atoms with Crippen molar-refractivity contribution >= 4 is 5.91 Å². The van der Waals surface area contributed by atoms with E-state index < -0.39 is 11.6 Å². The SMILES string of the molecule is CC1CCC(NC(=O)Cc2ccc(F)c(F)c2)C(C)N1. The maximum Gasteiger partial charge on any atom is 0.224 e. The average Bonchev–Trinajstić information content (AvgIpc) is 2.37. The number of carbonyl (C=O) groups is 1. The van der Waals surface area contributed by atoms with Crippen LogP contribution in [0.5, 0.6) is 0 Å². The van der Waals surface area contributed by atoms with Gasteiger partial charge in [0.25, 0.3) is 0 Å². The molecule has 110 valence electrons. The van der Waals surface area contributed by atoms with Crippen LogP contribution in [0.3, 0.4) is 0 Å². The zero-order valence-electron chi connectivity index (χ0n) is 11.7. The lowest BCUT2D eigenvalue weighted by atomic mass is 9.95. The summed E-state index contributed by atoms with van der Waals surface area (Å²) in [4.78, 5) is 11.9. The Morgan fingerprint density at radius 3 is 2.70 bits per heavy atom. The minimum absolute atomic E-state index is 0.0654. The standard InChI is InChI=1S/C15H20F2N2O/c1-9-3-6-14(10(2)18-9)19-15(20)8-11-4-5-12(16)13(17)7-11/h4-5,7,9-10,14,18H,3,6,8H2,1-2H3,(H,19,20). The van der Waals surface area contributed by atoms with E-state index in [-0.39, 0.29) is 24.4 Å². The summed E-state index contributed by atoms with van der Waals surface area (Å²) < 4.78 is 25.9. The number of amides is 1. The third-order valence-electron chi connectivity index (χ3n) is 3.76. The third-order valence-corrected chi connectivity index (χ3v) is 3.76. The first-order valence-electron chi connectivity index (χ1n) is 6.95. The van der Waals surface area contributed by atoms with Gasteiger partial charge in [-0.3, -0.25) is 4.79 Å². The first-order chi connectivity index (χ1) is 9.45. The van der Waals surface area contributed by atoms with Crippen LogP contribution in [0.25, 0.3) is 0 Å². The topological polar surface area (TPSA) is 41.1 Å². The zero-order valence-corrected chi connectivity index (χ0v) is 11.7. The van der Waals surface area contributed by atoms with E-state index in [1.54, 1.807) is 0 Å². The van der Waals surface area contributed by atoms with Gasteiger partial charge >= 0.3 is 0 Å². The molecule has 0 radical (unpaired) electrons. The minimum Gasteiger partial charge on any atom is -0.352 e. The van der Waals surface area contributed by atoms with E-state index in [1.165, 1.54) is 6.07 Å². The molecule has 1 saturated heterocycles. The molecule has 0 spiro atoms. The number of benzene rings is 1. The first-order valence-corrected chi connectivity index (χ1v) is 6.95. The van der Waals surface area contributed by atoms with Crippen LogP contribution in [0.1, 0.15) is 32.3 Å². The van der Waals surface area contributed by atoms with Crippen LogP contribution in [0.4, 0.5) is 8.78 Å². The van der Waals surface area contributed by atoms with E-state index >= 15 is 0 Å². The molecule has 20 heavy (non-hydrogen) atoms. The van der Waals surface area contributed by atoms with E-state index in [2.05, 4.69) is 17.6 Å². The van der Waals surface area contributed by atoms with Gasteiger partial charge < -0.3 is 10.6 Å². The van der Waals surface area contributed by atoms with Crippen molar-refractivity contribution in [2.75, 3.05) is 0 Å². The Kier molecular flexibility index (Phi) is 4.70. The Hall–Kier alpha value is -1.49. The molecule has 0 saturated carbocycles. The molecule has 1 aromatic carbocycles. The molecule has 3 nitrogen and oxygen atoms in total. The summed E-state index contributed by atoms with van der Waals surface area (Å²) in [5.74, 6) is -1.98. The molecule has 0 bridgehead atoms. The van der Waals surface area contributed by atoms with Crippen molar-refractivity contribution < 1.29 is 13.6 Å². The molecule has 2 rings (SSSR count). The van der Waals surface area contributed by atoms with Gasteiger partial charge in [-0.1, -0.05) is 6.07 Å². The quantitative estimate of drug-likeness (QED) is 0.892. The van der Waals surface area contributed by atoms with Gasteiger partial charge in [0.2, 0.25) is 5.91 Å². The number of halogens is 2. The van der Waals surface area contributed by atoms with E-state index in [0.717, 1.165) is 25.0 Å². The summed E-state index contributed by atoms with van der Waals surface area (Å²) in [5, 5.41) is 6.34. The van der Waals surface area contributed by atoms with Crippen LogP contribution in [0.2, 0.25) is 0 Å². The molecule has 0 aromatic heterocycles. The Morgan fingerprint density at radius 2 is 2.05 bits per heavy atom. The monoisotopic (exact) mass is 282 g/mol. The van der Waals surface area contributed by atoms with Crippen molar-refractivity contribution in [1.29, 1.82) is 0 Å². The van der Waals surface area contributed by atoms with E-state index in [9.17, 15) is 13.6 Å². The highest BCUT2D eigenvalue weighted by atomic mass is 19.2. The fraction of sp³-hybridized carbons (Fsp3) is 0.533. The molecule has 1 heterocycles. The smallest absolute Gasteiger partial charge is 0.224 e. The van der Waals surface area contributed by atoms with Crippen LogP contribution >= 0.6 is 0 Å². The normalized spacial score (nSPS) is 26.3. The van der Waals surface area contributed by atoms with Gasteiger partial charge in [0.1, 0.15) is 0 Å². The first kappa shape index (κ1) is 14.9. The predicted octanol–water partition coefficient (Wildman–Crippen LogP) is 2.15. The van der Waals surface area contributed by atoms with Crippen LogP contribution in [0, 0.1) is 11.6 Å². The third kappa shape index (κ3) is 3.76. The highest BCUT2D eigenvalue weighted by Gasteiger charge is 2.25. The second kappa shape index (κ2) is 6.31. The molecule has 5 heteroatoms. The van der Waals surface area contributed by atoms with Gasteiger partial charge in [0.05, 0.1) is 6.42 Å². The predicted molar refractivity (Wildman–Crippen MR) is 73.3 cm³/mol. The van der Waals surface area contributed by atoms with E-state index in [1.807, 2.05) is 6.92 Å². The van der Waals surface area contributed by atoms with Crippen molar-refractivity contribution in [2.45, 2.75) is 51.2 Å². The molecule has 1 amide bonds. The second-order valence-electron chi connectivity index (χ2n) is 5.53.